The highest BCUT2D eigenvalue weighted by atomic mass is 16.6. The van der Waals surface area contributed by atoms with Crippen LogP contribution in [-0.4, -0.2) is 18.7 Å². The summed E-state index contributed by atoms with van der Waals surface area (Å²) in [5, 5.41) is 2.89. The van der Waals surface area contributed by atoms with Crippen molar-refractivity contribution in [3.63, 3.8) is 0 Å². The van der Waals surface area contributed by atoms with Crippen molar-refractivity contribution in [2.45, 2.75) is 76.7 Å². The molecule has 1 N–H and O–H groups in total. The molecular formula is C15H27NO2. The summed E-state index contributed by atoms with van der Waals surface area (Å²) in [5.41, 5.74) is 0. The highest BCUT2D eigenvalue weighted by molar-refractivity contribution is 5.67. The molecule has 2 aliphatic rings. The zero-order valence-electron chi connectivity index (χ0n) is 11.5. The number of hydrogen-bond donors (Lipinski definition) is 1. The number of ether oxygens (including phenoxy) is 1. The van der Waals surface area contributed by atoms with Crippen LogP contribution in [0.4, 0.5) is 4.79 Å². The number of nitrogens with one attached hydrogen (secondary N) is 1. The average Bonchev–Trinajstić information content (AvgIpc) is 2.89. The summed E-state index contributed by atoms with van der Waals surface area (Å²) in [4.78, 5) is 11.5. The fourth-order valence-electron chi connectivity index (χ4n) is 3.26. The van der Waals surface area contributed by atoms with Crippen molar-refractivity contribution in [3.05, 3.63) is 0 Å². The van der Waals surface area contributed by atoms with Gasteiger partial charge in [0.15, 0.2) is 0 Å². The third kappa shape index (κ3) is 4.87. The maximum Gasteiger partial charge on any atom is 0.407 e. The van der Waals surface area contributed by atoms with Gasteiger partial charge in [-0.15, -0.1) is 0 Å². The number of carbonyl (C=O) groups excluding carboxylic acids is 1. The summed E-state index contributed by atoms with van der Waals surface area (Å²) in [6.45, 7) is 0.780. The van der Waals surface area contributed by atoms with Crippen molar-refractivity contribution in [3.8, 4) is 0 Å². The molecule has 0 aromatic carbocycles. The van der Waals surface area contributed by atoms with Gasteiger partial charge in [-0.25, -0.2) is 4.79 Å². The minimum Gasteiger partial charge on any atom is -0.446 e. The van der Waals surface area contributed by atoms with Crippen LogP contribution < -0.4 is 5.32 Å². The Balaban J connectivity index is 1.47. The Labute approximate surface area is 111 Å². The van der Waals surface area contributed by atoms with Gasteiger partial charge in [0.05, 0.1) is 0 Å². The molecule has 0 unspecified atom stereocenters. The van der Waals surface area contributed by atoms with E-state index in [1.165, 1.54) is 51.4 Å². The summed E-state index contributed by atoms with van der Waals surface area (Å²) in [5.74, 6) is 0.909. The molecule has 18 heavy (non-hydrogen) atoms. The van der Waals surface area contributed by atoms with Gasteiger partial charge in [-0.1, -0.05) is 32.1 Å². The van der Waals surface area contributed by atoms with Gasteiger partial charge >= 0.3 is 6.09 Å². The Morgan fingerprint density at radius 1 is 1.00 bits per heavy atom. The molecule has 2 rings (SSSR count). The van der Waals surface area contributed by atoms with Crippen LogP contribution in [0.2, 0.25) is 0 Å². The first-order chi connectivity index (χ1) is 8.84. The molecule has 0 aromatic heterocycles. The van der Waals surface area contributed by atoms with Crippen molar-refractivity contribution < 1.29 is 9.53 Å². The Morgan fingerprint density at radius 2 is 1.67 bits per heavy atom. The molecule has 0 radical (unpaired) electrons. The Hall–Kier alpha value is -0.730. The summed E-state index contributed by atoms with van der Waals surface area (Å²) in [6, 6.07) is 0. The van der Waals surface area contributed by atoms with Crippen molar-refractivity contribution in [2.24, 2.45) is 5.92 Å². The number of hydrogen-bond acceptors (Lipinski definition) is 2. The lowest BCUT2D eigenvalue weighted by Gasteiger charge is -2.21. The van der Waals surface area contributed by atoms with Gasteiger partial charge < -0.3 is 10.1 Å². The molecule has 2 aliphatic carbocycles. The number of rotatable bonds is 5. The fourth-order valence-corrected chi connectivity index (χ4v) is 3.26. The second kappa shape index (κ2) is 7.65. The zero-order valence-corrected chi connectivity index (χ0v) is 11.5. The van der Waals surface area contributed by atoms with Crippen LogP contribution in [-0.2, 0) is 4.74 Å². The van der Waals surface area contributed by atoms with Gasteiger partial charge in [0.1, 0.15) is 6.10 Å². The summed E-state index contributed by atoms with van der Waals surface area (Å²) >= 11 is 0. The molecular weight excluding hydrogens is 226 g/mol. The quantitative estimate of drug-likeness (QED) is 0.752. The van der Waals surface area contributed by atoms with E-state index in [2.05, 4.69) is 5.32 Å². The molecule has 0 aliphatic heterocycles. The number of alkyl carbamates (subject to hydrolysis) is 1. The van der Waals surface area contributed by atoms with Crippen LogP contribution in [0.5, 0.6) is 0 Å². The molecule has 0 aromatic rings. The summed E-state index contributed by atoms with van der Waals surface area (Å²) in [6.07, 6.45) is 13.9. The molecule has 0 heterocycles. The second-order valence-corrected chi connectivity index (χ2v) is 5.88. The van der Waals surface area contributed by atoms with Crippen LogP contribution in [0.3, 0.4) is 0 Å². The molecule has 3 heteroatoms. The number of carbonyl (C=O) groups is 1. The van der Waals surface area contributed by atoms with Crippen LogP contribution in [0.25, 0.3) is 0 Å². The van der Waals surface area contributed by atoms with Crippen LogP contribution in [0.15, 0.2) is 0 Å². The minimum atomic E-state index is -0.203. The van der Waals surface area contributed by atoms with E-state index in [0.717, 1.165) is 31.7 Å². The van der Waals surface area contributed by atoms with E-state index in [1.807, 2.05) is 0 Å². The van der Waals surface area contributed by atoms with Crippen LogP contribution in [0, 0.1) is 5.92 Å². The molecule has 0 atom stereocenters. The molecule has 104 valence electrons. The van der Waals surface area contributed by atoms with Gasteiger partial charge in [-0.3, -0.25) is 0 Å². The molecule has 2 fully saturated rings. The number of amides is 1. The van der Waals surface area contributed by atoms with Crippen molar-refractivity contribution >= 4 is 6.09 Å². The standard InChI is InChI=1S/C15H27NO2/c17-15(18-14-10-4-5-11-14)16-12-6-9-13-7-2-1-3-8-13/h13-14H,1-12H2,(H,16,17). The minimum absolute atomic E-state index is 0.184. The normalized spacial score (nSPS) is 22.0. The van der Waals surface area contributed by atoms with Gasteiger partial charge in [-0.2, -0.15) is 0 Å². The monoisotopic (exact) mass is 253 g/mol. The smallest absolute Gasteiger partial charge is 0.407 e. The first-order valence-electron chi connectivity index (χ1n) is 7.79. The van der Waals surface area contributed by atoms with E-state index in [0.29, 0.717) is 0 Å². The zero-order chi connectivity index (χ0) is 12.6. The van der Waals surface area contributed by atoms with E-state index in [1.54, 1.807) is 0 Å². The van der Waals surface area contributed by atoms with E-state index in [-0.39, 0.29) is 12.2 Å². The predicted octanol–water partition coefficient (Wildman–Crippen LogP) is 4.02. The van der Waals surface area contributed by atoms with Crippen molar-refractivity contribution in [1.29, 1.82) is 0 Å². The van der Waals surface area contributed by atoms with E-state index >= 15 is 0 Å². The van der Waals surface area contributed by atoms with E-state index < -0.39 is 0 Å². The first-order valence-corrected chi connectivity index (χ1v) is 7.79. The van der Waals surface area contributed by atoms with Crippen molar-refractivity contribution in [2.75, 3.05) is 6.54 Å². The predicted molar refractivity (Wildman–Crippen MR) is 72.5 cm³/mol. The lowest BCUT2D eigenvalue weighted by molar-refractivity contribution is 0.101. The molecule has 1 amide bonds. The van der Waals surface area contributed by atoms with E-state index in [4.69, 9.17) is 4.74 Å². The lowest BCUT2D eigenvalue weighted by Crippen LogP contribution is -2.29. The fraction of sp³-hybridized carbons (Fsp3) is 0.933. The van der Waals surface area contributed by atoms with Gasteiger partial charge in [0.2, 0.25) is 0 Å². The topological polar surface area (TPSA) is 38.3 Å². The second-order valence-electron chi connectivity index (χ2n) is 5.88. The van der Waals surface area contributed by atoms with Crippen LogP contribution in [0.1, 0.15) is 70.6 Å². The van der Waals surface area contributed by atoms with Gasteiger partial charge in [-0.05, 0) is 44.4 Å². The Bertz CT molecular complexity index is 243. The largest absolute Gasteiger partial charge is 0.446 e. The van der Waals surface area contributed by atoms with E-state index in [9.17, 15) is 4.79 Å². The SMILES string of the molecule is O=C(NCCCC1CCCCC1)OC1CCCC1. The lowest BCUT2D eigenvalue weighted by atomic mass is 9.86. The van der Waals surface area contributed by atoms with Crippen molar-refractivity contribution in [1.82, 2.24) is 5.32 Å². The highest BCUT2D eigenvalue weighted by Crippen LogP contribution is 2.27. The van der Waals surface area contributed by atoms with Gasteiger partial charge in [0, 0.05) is 6.54 Å². The molecule has 3 nitrogen and oxygen atoms in total. The molecule has 0 spiro atoms. The Morgan fingerprint density at radius 3 is 2.39 bits per heavy atom. The Kier molecular flexibility index (Phi) is 5.82. The van der Waals surface area contributed by atoms with Crippen LogP contribution >= 0.6 is 0 Å². The maximum absolute atomic E-state index is 11.5. The molecule has 0 saturated heterocycles. The highest BCUT2D eigenvalue weighted by Gasteiger charge is 2.19. The third-order valence-corrected chi connectivity index (χ3v) is 4.36. The average molecular weight is 253 g/mol. The van der Waals surface area contributed by atoms with Gasteiger partial charge in [0.25, 0.3) is 0 Å². The summed E-state index contributed by atoms with van der Waals surface area (Å²) < 4.78 is 5.35. The molecule has 0 bridgehead atoms. The maximum atomic E-state index is 11.5. The summed E-state index contributed by atoms with van der Waals surface area (Å²) in [7, 11) is 0. The third-order valence-electron chi connectivity index (χ3n) is 4.36. The first kappa shape index (κ1) is 13.7. The molecule has 2 saturated carbocycles.